The van der Waals surface area contributed by atoms with Gasteiger partial charge in [-0.25, -0.2) is 4.79 Å². The van der Waals surface area contributed by atoms with Gasteiger partial charge in [0.25, 0.3) is 0 Å². The molecule has 0 saturated heterocycles. The van der Waals surface area contributed by atoms with Crippen molar-refractivity contribution in [1.82, 2.24) is 15.1 Å². The first kappa shape index (κ1) is 25.0. The van der Waals surface area contributed by atoms with Gasteiger partial charge in [0.15, 0.2) is 10.8 Å². The van der Waals surface area contributed by atoms with E-state index < -0.39 is 11.9 Å². The summed E-state index contributed by atoms with van der Waals surface area (Å²) < 4.78 is 45.2. The number of aryl methyl sites for hydroxylation is 1. The van der Waals surface area contributed by atoms with Crippen LogP contribution in [0.3, 0.4) is 0 Å². The zero-order chi connectivity index (χ0) is 23.6. The number of fused-ring (bicyclic) bond motifs is 1. The molecule has 0 radical (unpaired) electrons. The van der Waals surface area contributed by atoms with Crippen molar-refractivity contribution in [1.29, 1.82) is 0 Å². The van der Waals surface area contributed by atoms with Crippen molar-refractivity contribution < 1.29 is 22.7 Å². The maximum absolute atomic E-state index is 13.0. The first-order valence-electron chi connectivity index (χ1n) is 10.1. The molecule has 0 saturated carbocycles. The van der Waals surface area contributed by atoms with Crippen LogP contribution in [-0.4, -0.2) is 34.5 Å². The van der Waals surface area contributed by atoms with E-state index in [9.17, 15) is 18.0 Å². The van der Waals surface area contributed by atoms with E-state index in [1.165, 1.54) is 28.0 Å². The number of thiophene rings is 1. The summed E-state index contributed by atoms with van der Waals surface area (Å²) in [5.41, 5.74) is 1.07. The average Bonchev–Trinajstić information content (AvgIpc) is 3.21. The van der Waals surface area contributed by atoms with Crippen LogP contribution in [0.5, 0.6) is 0 Å². The van der Waals surface area contributed by atoms with Gasteiger partial charge in [-0.3, -0.25) is 4.68 Å². The van der Waals surface area contributed by atoms with Gasteiger partial charge in [-0.1, -0.05) is 6.92 Å². The fourth-order valence-electron chi connectivity index (χ4n) is 3.66. The predicted octanol–water partition coefficient (Wildman–Crippen LogP) is 5.32. The van der Waals surface area contributed by atoms with Crippen LogP contribution in [0.25, 0.3) is 0 Å². The molecule has 0 fully saturated rings. The van der Waals surface area contributed by atoms with E-state index in [2.05, 4.69) is 38.6 Å². The van der Waals surface area contributed by atoms with E-state index in [0.717, 1.165) is 24.8 Å². The molecule has 2 aromatic heterocycles. The van der Waals surface area contributed by atoms with Crippen LogP contribution < -0.4 is 10.6 Å². The minimum absolute atomic E-state index is 0.0403. The van der Waals surface area contributed by atoms with E-state index in [1.807, 2.05) is 0 Å². The molecule has 2 N–H and O–H groups in total. The number of esters is 1. The van der Waals surface area contributed by atoms with Gasteiger partial charge in [-0.05, 0) is 72.2 Å². The minimum Gasteiger partial charge on any atom is -0.465 e. The normalized spacial score (nSPS) is 15.9. The second kappa shape index (κ2) is 10.1. The van der Waals surface area contributed by atoms with Crippen LogP contribution in [0, 0.1) is 12.8 Å². The number of hydrogen-bond acceptors (Lipinski definition) is 5. The number of rotatable bonds is 6. The highest BCUT2D eigenvalue weighted by atomic mass is 79.9. The largest absolute Gasteiger partial charge is 0.465 e. The lowest BCUT2D eigenvalue weighted by Gasteiger charge is -2.18. The van der Waals surface area contributed by atoms with Crippen molar-refractivity contribution >= 4 is 55.6 Å². The first-order chi connectivity index (χ1) is 15.0. The number of alkyl halides is 3. The van der Waals surface area contributed by atoms with Crippen LogP contribution in [0.4, 0.5) is 18.2 Å². The van der Waals surface area contributed by atoms with Crippen LogP contribution in [0.15, 0.2) is 4.47 Å². The smallest absolute Gasteiger partial charge is 0.436 e. The lowest BCUT2D eigenvalue weighted by molar-refractivity contribution is -0.142. The highest BCUT2D eigenvalue weighted by Gasteiger charge is 2.37. The molecule has 1 aliphatic rings. The molecule has 12 heteroatoms. The van der Waals surface area contributed by atoms with Gasteiger partial charge in [-0.15, -0.1) is 11.3 Å². The molecule has 6 nitrogen and oxygen atoms in total. The van der Waals surface area contributed by atoms with Crippen LogP contribution >= 0.6 is 39.5 Å². The van der Waals surface area contributed by atoms with E-state index >= 15 is 0 Å². The van der Waals surface area contributed by atoms with Gasteiger partial charge in [0, 0.05) is 18.0 Å². The third-order valence-corrected chi connectivity index (χ3v) is 7.73. The molecule has 3 rings (SSSR count). The number of ether oxygens (including phenoxy) is 1. The zero-order valence-corrected chi connectivity index (χ0v) is 21.1. The van der Waals surface area contributed by atoms with Gasteiger partial charge in [0.1, 0.15) is 5.00 Å². The third kappa shape index (κ3) is 5.45. The molecule has 0 amide bonds. The lowest BCUT2D eigenvalue weighted by atomic mass is 9.88. The molecule has 0 bridgehead atoms. The second-order valence-corrected chi connectivity index (χ2v) is 10.1. The summed E-state index contributed by atoms with van der Waals surface area (Å²) in [6.45, 7) is 4.51. The maximum Gasteiger partial charge on any atom is 0.436 e. The summed E-state index contributed by atoms with van der Waals surface area (Å²) >= 11 is 9.85. The molecule has 0 aliphatic heterocycles. The number of carbonyl (C=O) groups excluding carboxylic acids is 1. The second-order valence-electron chi connectivity index (χ2n) is 7.75. The average molecular weight is 553 g/mol. The molecule has 0 aromatic carbocycles. The van der Waals surface area contributed by atoms with E-state index in [4.69, 9.17) is 17.0 Å². The van der Waals surface area contributed by atoms with Crippen molar-refractivity contribution in [2.45, 2.75) is 52.3 Å². The highest BCUT2D eigenvalue weighted by Crippen LogP contribution is 2.40. The fourth-order valence-corrected chi connectivity index (χ4v) is 5.84. The van der Waals surface area contributed by atoms with Crippen molar-refractivity contribution in [2.24, 2.45) is 5.92 Å². The number of carbonyl (C=O) groups is 1. The zero-order valence-electron chi connectivity index (χ0n) is 17.9. The molecule has 1 atom stereocenters. The van der Waals surface area contributed by atoms with Crippen LogP contribution in [0.2, 0.25) is 0 Å². The summed E-state index contributed by atoms with van der Waals surface area (Å²) in [7, 11) is 1.36. The highest BCUT2D eigenvalue weighted by molar-refractivity contribution is 9.10. The Morgan fingerprint density at radius 2 is 2.16 bits per heavy atom. The lowest BCUT2D eigenvalue weighted by Crippen LogP contribution is -2.30. The van der Waals surface area contributed by atoms with Gasteiger partial charge >= 0.3 is 12.1 Å². The molecular formula is C20H24BrF3N4O2S2. The number of anilines is 1. The minimum atomic E-state index is -4.51. The summed E-state index contributed by atoms with van der Waals surface area (Å²) in [5, 5.41) is 10.8. The van der Waals surface area contributed by atoms with Gasteiger partial charge in [-0.2, -0.15) is 18.3 Å². The molecule has 2 aromatic rings. The van der Waals surface area contributed by atoms with Crippen molar-refractivity contribution in [3.8, 4) is 0 Å². The Balaban J connectivity index is 1.59. The molecule has 176 valence electrons. The number of thiocarbonyl (C=S) groups is 1. The number of aromatic nitrogens is 2. The number of nitrogens with zero attached hydrogens (tertiary/aromatic N) is 2. The summed E-state index contributed by atoms with van der Waals surface area (Å²) in [5.74, 6) is 0.177. The summed E-state index contributed by atoms with van der Waals surface area (Å²) in [6.07, 6.45) is -1.22. The Kier molecular flexibility index (Phi) is 7.87. The van der Waals surface area contributed by atoms with E-state index in [-0.39, 0.29) is 10.4 Å². The van der Waals surface area contributed by atoms with Crippen molar-refractivity contribution in [3.63, 3.8) is 0 Å². The monoisotopic (exact) mass is 552 g/mol. The van der Waals surface area contributed by atoms with Gasteiger partial charge in [0.2, 0.25) is 0 Å². The number of hydrogen-bond donors (Lipinski definition) is 2. The Morgan fingerprint density at radius 3 is 2.78 bits per heavy atom. The van der Waals surface area contributed by atoms with Crippen LogP contribution in [-0.2, 0) is 30.3 Å². The van der Waals surface area contributed by atoms with Crippen molar-refractivity contribution in [2.75, 3.05) is 19.0 Å². The number of nitrogens with one attached hydrogen (secondary N) is 2. The fraction of sp³-hybridized carbons (Fsp3) is 0.550. The van der Waals surface area contributed by atoms with E-state index in [0.29, 0.717) is 46.8 Å². The summed E-state index contributed by atoms with van der Waals surface area (Å²) in [6, 6.07) is 0. The molecular weight excluding hydrogens is 529 g/mol. The topological polar surface area (TPSA) is 68.2 Å². The molecule has 1 unspecified atom stereocenters. The SMILES string of the molecule is COC(=O)c1c(NC(=S)NCCCn2nc(C(F)(F)F)c(Br)c2C)sc2c1CCC(C)C2. The first-order valence-corrected chi connectivity index (χ1v) is 12.1. The third-order valence-electron chi connectivity index (χ3n) is 5.36. The Hall–Kier alpha value is -1.66. The number of halogens is 4. The molecule has 1 aliphatic carbocycles. The summed E-state index contributed by atoms with van der Waals surface area (Å²) in [4.78, 5) is 13.5. The maximum atomic E-state index is 13.0. The van der Waals surface area contributed by atoms with Crippen LogP contribution in [0.1, 0.15) is 52.0 Å². The van der Waals surface area contributed by atoms with Gasteiger partial charge in [0.05, 0.1) is 22.8 Å². The van der Waals surface area contributed by atoms with Crippen molar-refractivity contribution in [3.05, 3.63) is 31.9 Å². The van der Waals surface area contributed by atoms with E-state index in [1.54, 1.807) is 6.92 Å². The Morgan fingerprint density at radius 1 is 1.44 bits per heavy atom. The molecule has 2 heterocycles. The molecule has 32 heavy (non-hydrogen) atoms. The Bertz CT molecular complexity index is 1020. The Labute approximate surface area is 202 Å². The van der Waals surface area contributed by atoms with Gasteiger partial charge < -0.3 is 15.4 Å². The predicted molar refractivity (Wildman–Crippen MR) is 125 cm³/mol. The molecule has 0 spiro atoms. The standard InChI is InChI=1S/C20H24BrF3N4O2S2/c1-10-5-6-12-13(9-10)32-17(14(12)18(29)30-3)26-19(31)25-7-4-8-28-11(2)15(21)16(27-28)20(22,23)24/h10H,4-9H2,1-3H3,(H2,25,26,31). The number of methoxy groups -OCH3 is 1. The quantitative estimate of drug-likeness (QED) is 0.287.